The fourth-order valence-electron chi connectivity index (χ4n) is 3.33. The van der Waals surface area contributed by atoms with E-state index in [4.69, 9.17) is 5.26 Å². The average Bonchev–Trinajstić information content (AvgIpc) is 2.53. The molecule has 22 heavy (non-hydrogen) atoms. The van der Waals surface area contributed by atoms with Crippen LogP contribution in [0.2, 0.25) is 0 Å². The van der Waals surface area contributed by atoms with Gasteiger partial charge in [-0.3, -0.25) is 4.90 Å². The number of aliphatic hydroxyl groups is 1. The van der Waals surface area contributed by atoms with E-state index < -0.39 is 5.60 Å². The van der Waals surface area contributed by atoms with Crippen molar-refractivity contribution in [3.63, 3.8) is 0 Å². The summed E-state index contributed by atoms with van der Waals surface area (Å²) in [5.74, 6) is 0. The SMILES string of the molecule is N#Cc1ccc(CN2CCC(NCC3(O)CCC3)CC2)cc1. The first-order chi connectivity index (χ1) is 10.7. The zero-order valence-electron chi connectivity index (χ0n) is 13.1. The van der Waals surface area contributed by atoms with Crippen molar-refractivity contribution in [1.29, 1.82) is 5.26 Å². The molecule has 1 saturated heterocycles. The van der Waals surface area contributed by atoms with E-state index in [1.807, 2.05) is 12.1 Å². The van der Waals surface area contributed by atoms with Crippen LogP contribution >= 0.6 is 0 Å². The second kappa shape index (κ2) is 6.78. The normalized spacial score (nSPS) is 22.0. The first kappa shape index (κ1) is 15.5. The van der Waals surface area contributed by atoms with Crippen LogP contribution in [0.15, 0.2) is 24.3 Å². The fourth-order valence-corrected chi connectivity index (χ4v) is 3.33. The highest BCUT2D eigenvalue weighted by Crippen LogP contribution is 2.31. The number of likely N-dealkylation sites (tertiary alicyclic amines) is 1. The van der Waals surface area contributed by atoms with Crippen molar-refractivity contribution in [3.05, 3.63) is 35.4 Å². The van der Waals surface area contributed by atoms with E-state index in [0.29, 0.717) is 6.04 Å². The Bertz CT molecular complexity index is 522. The van der Waals surface area contributed by atoms with Gasteiger partial charge in [-0.05, 0) is 62.9 Å². The first-order valence-corrected chi connectivity index (χ1v) is 8.34. The van der Waals surface area contributed by atoms with Gasteiger partial charge < -0.3 is 10.4 Å². The second-order valence-electron chi connectivity index (χ2n) is 6.82. The largest absolute Gasteiger partial charge is 0.389 e. The van der Waals surface area contributed by atoms with Crippen LogP contribution in [0.3, 0.4) is 0 Å². The Morgan fingerprint density at radius 3 is 2.45 bits per heavy atom. The summed E-state index contributed by atoms with van der Waals surface area (Å²) in [5, 5.41) is 22.5. The third-order valence-corrected chi connectivity index (χ3v) is 5.08. The van der Waals surface area contributed by atoms with Crippen LogP contribution in [0.5, 0.6) is 0 Å². The lowest BCUT2D eigenvalue weighted by atomic mass is 9.80. The van der Waals surface area contributed by atoms with Crippen LogP contribution in [0.4, 0.5) is 0 Å². The molecular weight excluding hydrogens is 274 g/mol. The number of nitrogens with one attached hydrogen (secondary N) is 1. The number of hydrogen-bond acceptors (Lipinski definition) is 4. The van der Waals surface area contributed by atoms with Gasteiger partial charge in [0.15, 0.2) is 0 Å². The molecule has 0 aromatic heterocycles. The van der Waals surface area contributed by atoms with Gasteiger partial charge in [0.05, 0.1) is 17.2 Å². The van der Waals surface area contributed by atoms with E-state index in [-0.39, 0.29) is 0 Å². The molecule has 0 radical (unpaired) electrons. The van der Waals surface area contributed by atoms with Crippen LogP contribution in [0.1, 0.15) is 43.2 Å². The fraction of sp³-hybridized carbons (Fsp3) is 0.611. The molecule has 2 aliphatic rings. The highest BCUT2D eigenvalue weighted by molar-refractivity contribution is 5.31. The summed E-state index contributed by atoms with van der Waals surface area (Å²) >= 11 is 0. The monoisotopic (exact) mass is 299 g/mol. The third-order valence-electron chi connectivity index (χ3n) is 5.08. The van der Waals surface area contributed by atoms with Crippen LogP contribution < -0.4 is 5.32 Å². The van der Waals surface area contributed by atoms with Gasteiger partial charge >= 0.3 is 0 Å². The topological polar surface area (TPSA) is 59.3 Å². The lowest BCUT2D eigenvalue weighted by Crippen LogP contribution is -2.51. The summed E-state index contributed by atoms with van der Waals surface area (Å²) in [7, 11) is 0. The number of hydrogen-bond donors (Lipinski definition) is 2. The van der Waals surface area contributed by atoms with E-state index in [1.165, 1.54) is 12.0 Å². The van der Waals surface area contributed by atoms with Crippen LogP contribution in [-0.4, -0.2) is 41.3 Å². The summed E-state index contributed by atoms with van der Waals surface area (Å²) in [6.45, 7) is 3.90. The van der Waals surface area contributed by atoms with Gasteiger partial charge in [-0.2, -0.15) is 5.26 Å². The van der Waals surface area contributed by atoms with Gasteiger partial charge in [0.2, 0.25) is 0 Å². The zero-order valence-corrected chi connectivity index (χ0v) is 13.1. The molecule has 1 aromatic rings. The third kappa shape index (κ3) is 3.86. The Kier molecular flexibility index (Phi) is 4.77. The molecular formula is C18H25N3O. The maximum absolute atomic E-state index is 10.1. The van der Waals surface area contributed by atoms with Crippen LogP contribution in [0.25, 0.3) is 0 Å². The van der Waals surface area contributed by atoms with Crippen molar-refractivity contribution in [2.24, 2.45) is 0 Å². The minimum atomic E-state index is -0.417. The Morgan fingerprint density at radius 1 is 1.23 bits per heavy atom. The maximum Gasteiger partial charge on any atom is 0.0991 e. The molecule has 0 unspecified atom stereocenters. The number of benzene rings is 1. The van der Waals surface area contributed by atoms with Gasteiger partial charge in [-0.25, -0.2) is 0 Å². The molecule has 1 aromatic carbocycles. The Labute approximate surface area is 132 Å². The number of nitriles is 1. The zero-order chi connectivity index (χ0) is 15.4. The molecule has 118 valence electrons. The van der Waals surface area contributed by atoms with E-state index in [2.05, 4.69) is 28.4 Å². The predicted octanol–water partition coefficient (Wildman–Crippen LogP) is 2.03. The Hall–Kier alpha value is -1.41. The summed E-state index contributed by atoms with van der Waals surface area (Å²) in [6.07, 6.45) is 5.37. The van der Waals surface area contributed by atoms with E-state index >= 15 is 0 Å². The van der Waals surface area contributed by atoms with Crippen molar-refractivity contribution in [1.82, 2.24) is 10.2 Å². The summed E-state index contributed by atoms with van der Waals surface area (Å²) in [4.78, 5) is 2.47. The van der Waals surface area contributed by atoms with Crippen LogP contribution in [0, 0.1) is 11.3 Å². The van der Waals surface area contributed by atoms with Crippen molar-refractivity contribution >= 4 is 0 Å². The molecule has 0 atom stereocenters. The maximum atomic E-state index is 10.1. The summed E-state index contributed by atoms with van der Waals surface area (Å²) in [6, 6.07) is 10.6. The molecule has 2 fully saturated rings. The lowest BCUT2D eigenvalue weighted by molar-refractivity contribution is -0.0345. The van der Waals surface area contributed by atoms with Gasteiger partial charge in [-0.15, -0.1) is 0 Å². The standard InChI is InChI=1S/C18H25N3O/c19-12-15-2-4-16(5-3-15)13-21-10-6-17(7-11-21)20-14-18(22)8-1-9-18/h2-5,17,20,22H,1,6-11,13-14H2. The summed E-state index contributed by atoms with van der Waals surface area (Å²) in [5.41, 5.74) is 1.58. The molecule has 1 aliphatic heterocycles. The van der Waals surface area contributed by atoms with Crippen molar-refractivity contribution in [3.8, 4) is 6.07 Å². The van der Waals surface area contributed by atoms with Gasteiger partial charge in [0.1, 0.15) is 0 Å². The quantitative estimate of drug-likeness (QED) is 0.873. The van der Waals surface area contributed by atoms with Crippen LogP contribution in [-0.2, 0) is 6.54 Å². The molecule has 4 heteroatoms. The Morgan fingerprint density at radius 2 is 1.91 bits per heavy atom. The number of piperidine rings is 1. The van der Waals surface area contributed by atoms with Gasteiger partial charge in [0, 0.05) is 19.1 Å². The molecule has 1 saturated carbocycles. The molecule has 0 spiro atoms. The van der Waals surface area contributed by atoms with Crippen molar-refractivity contribution in [2.75, 3.05) is 19.6 Å². The molecule has 0 bridgehead atoms. The molecule has 1 heterocycles. The van der Waals surface area contributed by atoms with E-state index in [1.54, 1.807) is 0 Å². The molecule has 2 N–H and O–H groups in total. The minimum Gasteiger partial charge on any atom is -0.389 e. The smallest absolute Gasteiger partial charge is 0.0991 e. The molecule has 4 nitrogen and oxygen atoms in total. The number of rotatable bonds is 5. The predicted molar refractivity (Wildman–Crippen MR) is 86.3 cm³/mol. The summed E-state index contributed by atoms with van der Waals surface area (Å²) < 4.78 is 0. The first-order valence-electron chi connectivity index (χ1n) is 8.34. The second-order valence-corrected chi connectivity index (χ2v) is 6.82. The highest BCUT2D eigenvalue weighted by Gasteiger charge is 2.34. The Balaban J connectivity index is 1.40. The molecule has 3 rings (SSSR count). The highest BCUT2D eigenvalue weighted by atomic mass is 16.3. The van der Waals surface area contributed by atoms with Gasteiger partial charge in [-0.1, -0.05) is 12.1 Å². The van der Waals surface area contributed by atoms with E-state index in [0.717, 1.165) is 57.4 Å². The van der Waals surface area contributed by atoms with Crippen molar-refractivity contribution < 1.29 is 5.11 Å². The lowest BCUT2D eigenvalue weighted by Gasteiger charge is -2.39. The van der Waals surface area contributed by atoms with Crippen molar-refractivity contribution in [2.45, 2.75) is 50.3 Å². The molecule has 0 amide bonds. The average molecular weight is 299 g/mol. The van der Waals surface area contributed by atoms with Gasteiger partial charge in [0.25, 0.3) is 0 Å². The van der Waals surface area contributed by atoms with E-state index in [9.17, 15) is 5.11 Å². The minimum absolute atomic E-state index is 0.417. The molecule has 1 aliphatic carbocycles. The number of nitrogens with zero attached hydrogens (tertiary/aromatic N) is 2.